The fourth-order valence-corrected chi connectivity index (χ4v) is 3.58. The van der Waals surface area contributed by atoms with Crippen LogP contribution < -0.4 is 16.0 Å². The van der Waals surface area contributed by atoms with E-state index in [1.165, 1.54) is 0 Å². The van der Waals surface area contributed by atoms with Crippen molar-refractivity contribution >= 4 is 48.9 Å². The molecule has 0 bridgehead atoms. The van der Waals surface area contributed by atoms with Gasteiger partial charge in [-0.15, -0.1) is 37.2 Å². The Morgan fingerprint density at radius 2 is 1.93 bits per heavy atom. The van der Waals surface area contributed by atoms with Crippen LogP contribution in [0.3, 0.4) is 0 Å². The largest absolute Gasteiger partial charge is 0.354 e. The summed E-state index contributed by atoms with van der Waals surface area (Å²) in [5, 5.41) is 3.08. The number of nitrogens with one attached hydrogen (secondary N) is 1. The van der Waals surface area contributed by atoms with E-state index in [-0.39, 0.29) is 55.1 Å². The molecule has 2 atom stereocenters. The molecule has 2 heterocycles. The highest BCUT2D eigenvalue weighted by Crippen LogP contribution is 2.23. The van der Waals surface area contributed by atoms with Crippen molar-refractivity contribution in [3.05, 3.63) is 23.9 Å². The van der Waals surface area contributed by atoms with Crippen LogP contribution in [-0.2, 0) is 11.3 Å². The summed E-state index contributed by atoms with van der Waals surface area (Å²) in [5.41, 5.74) is 7.09. The van der Waals surface area contributed by atoms with E-state index in [0.717, 1.165) is 63.2 Å². The van der Waals surface area contributed by atoms with Gasteiger partial charge >= 0.3 is 0 Å². The lowest BCUT2D eigenvalue weighted by Crippen LogP contribution is -2.44. The van der Waals surface area contributed by atoms with Crippen LogP contribution in [0.4, 0.5) is 5.82 Å². The van der Waals surface area contributed by atoms with E-state index in [0.29, 0.717) is 6.54 Å². The van der Waals surface area contributed by atoms with E-state index in [1.807, 2.05) is 12.3 Å². The zero-order chi connectivity index (χ0) is 16.9. The second-order valence-corrected chi connectivity index (χ2v) is 7.15. The average Bonchev–Trinajstić information content (AvgIpc) is 2.60. The average molecular weight is 441 g/mol. The van der Waals surface area contributed by atoms with Gasteiger partial charge in [-0.25, -0.2) is 4.98 Å². The number of halogens is 3. The maximum atomic E-state index is 12.3. The van der Waals surface area contributed by atoms with E-state index in [1.54, 1.807) is 0 Å². The Labute approximate surface area is 180 Å². The molecule has 3 rings (SSSR count). The summed E-state index contributed by atoms with van der Waals surface area (Å²) in [6, 6.07) is 4.25. The summed E-state index contributed by atoms with van der Waals surface area (Å²) in [6.07, 6.45) is 5.72. The van der Waals surface area contributed by atoms with Crippen molar-refractivity contribution < 1.29 is 4.79 Å². The number of likely N-dealkylation sites (N-methyl/N-ethyl adjacent to an activating group) is 1. The first-order chi connectivity index (χ1) is 11.6. The first-order valence-corrected chi connectivity index (χ1v) is 9.03. The Bertz CT molecular complexity index is 570. The number of carbonyl (C=O) groups excluding carboxylic acids is 1. The van der Waals surface area contributed by atoms with Crippen molar-refractivity contribution in [2.45, 2.75) is 38.3 Å². The molecule has 1 amide bonds. The van der Waals surface area contributed by atoms with Crippen LogP contribution in [-0.4, -0.2) is 55.1 Å². The molecule has 6 nitrogen and oxygen atoms in total. The molecule has 2 aliphatic rings. The summed E-state index contributed by atoms with van der Waals surface area (Å²) < 4.78 is 0. The van der Waals surface area contributed by atoms with Gasteiger partial charge in [0.2, 0.25) is 5.91 Å². The monoisotopic (exact) mass is 439 g/mol. The Morgan fingerprint density at radius 3 is 2.59 bits per heavy atom. The number of nitrogens with zero attached hydrogens (tertiary/aromatic N) is 3. The highest BCUT2D eigenvalue weighted by molar-refractivity contribution is 5.86. The predicted molar refractivity (Wildman–Crippen MR) is 117 cm³/mol. The fraction of sp³-hybridized carbons (Fsp3) is 0.667. The fourth-order valence-electron chi connectivity index (χ4n) is 3.58. The molecule has 0 aromatic carbocycles. The predicted octanol–water partition coefficient (Wildman–Crippen LogP) is 2.23. The number of amides is 1. The number of piperazine rings is 1. The van der Waals surface area contributed by atoms with Crippen molar-refractivity contribution in [2.24, 2.45) is 11.7 Å². The van der Waals surface area contributed by atoms with E-state index < -0.39 is 0 Å². The van der Waals surface area contributed by atoms with Crippen molar-refractivity contribution in [3.63, 3.8) is 0 Å². The third kappa shape index (κ3) is 7.62. The molecule has 1 saturated carbocycles. The Balaban J connectivity index is 0.00000225. The SMILES string of the molecule is CN1CCN(c2cc(CNC(=O)C3CCCC(N)C3)ccn2)CC1.Cl.Cl.Cl. The Kier molecular flexibility index (Phi) is 12.3. The molecular formula is C18H32Cl3N5O. The second kappa shape index (κ2) is 12.6. The minimum atomic E-state index is 0. The standard InChI is InChI=1S/C18H29N5O.3ClH/c1-22-7-9-23(10-8-22)17-11-14(5-6-20-17)13-21-18(24)15-3-2-4-16(19)12-15;;;/h5-6,11,15-16H,2-4,7-10,12-13,19H2,1H3,(H,21,24);3*1H. The maximum Gasteiger partial charge on any atom is 0.223 e. The van der Waals surface area contributed by atoms with Crippen molar-refractivity contribution in [1.29, 1.82) is 0 Å². The van der Waals surface area contributed by atoms with Gasteiger partial charge in [-0.1, -0.05) is 6.42 Å². The summed E-state index contributed by atoms with van der Waals surface area (Å²) in [7, 11) is 2.15. The van der Waals surface area contributed by atoms with Crippen LogP contribution in [0.15, 0.2) is 18.3 Å². The number of pyridine rings is 1. The minimum Gasteiger partial charge on any atom is -0.354 e. The van der Waals surface area contributed by atoms with Crippen molar-refractivity contribution in [1.82, 2.24) is 15.2 Å². The number of carbonyl (C=O) groups is 1. The first kappa shape index (κ1) is 26.2. The van der Waals surface area contributed by atoms with Crippen LogP contribution >= 0.6 is 37.2 Å². The smallest absolute Gasteiger partial charge is 0.223 e. The third-order valence-electron chi connectivity index (χ3n) is 5.19. The summed E-state index contributed by atoms with van der Waals surface area (Å²) in [4.78, 5) is 21.5. The Morgan fingerprint density at radius 1 is 1.22 bits per heavy atom. The summed E-state index contributed by atoms with van der Waals surface area (Å²) >= 11 is 0. The minimum absolute atomic E-state index is 0. The molecule has 1 aromatic heterocycles. The molecule has 3 N–H and O–H groups in total. The number of hydrogen-bond acceptors (Lipinski definition) is 5. The molecule has 0 radical (unpaired) electrons. The van der Waals surface area contributed by atoms with E-state index in [2.05, 4.69) is 33.2 Å². The van der Waals surface area contributed by atoms with Gasteiger partial charge in [-0.05, 0) is 44.0 Å². The molecule has 1 aromatic rings. The van der Waals surface area contributed by atoms with E-state index in [9.17, 15) is 4.79 Å². The van der Waals surface area contributed by atoms with Crippen molar-refractivity contribution in [3.8, 4) is 0 Å². The van der Waals surface area contributed by atoms with Gasteiger partial charge in [-0.2, -0.15) is 0 Å². The van der Waals surface area contributed by atoms with Crippen LogP contribution in [0.25, 0.3) is 0 Å². The quantitative estimate of drug-likeness (QED) is 0.751. The van der Waals surface area contributed by atoms with Crippen LogP contribution in [0.5, 0.6) is 0 Å². The zero-order valence-corrected chi connectivity index (χ0v) is 18.3. The Hall–Kier alpha value is -0.790. The lowest BCUT2D eigenvalue weighted by atomic mass is 9.85. The number of nitrogens with two attached hydrogens (primary N) is 1. The topological polar surface area (TPSA) is 74.5 Å². The summed E-state index contributed by atoms with van der Waals surface area (Å²) in [6.45, 7) is 4.68. The maximum absolute atomic E-state index is 12.3. The number of rotatable bonds is 4. The van der Waals surface area contributed by atoms with Gasteiger partial charge in [-0.3, -0.25) is 4.79 Å². The van der Waals surface area contributed by atoms with Gasteiger partial charge in [0.25, 0.3) is 0 Å². The molecule has 0 spiro atoms. The molecule has 2 unspecified atom stereocenters. The lowest BCUT2D eigenvalue weighted by Gasteiger charge is -2.33. The van der Waals surface area contributed by atoms with Gasteiger partial charge in [0.1, 0.15) is 5.82 Å². The van der Waals surface area contributed by atoms with Crippen molar-refractivity contribution in [2.75, 3.05) is 38.1 Å². The zero-order valence-electron chi connectivity index (χ0n) is 15.8. The molecule has 27 heavy (non-hydrogen) atoms. The lowest BCUT2D eigenvalue weighted by molar-refractivity contribution is -0.126. The first-order valence-electron chi connectivity index (χ1n) is 9.03. The highest BCUT2D eigenvalue weighted by Gasteiger charge is 2.25. The number of anilines is 1. The van der Waals surface area contributed by atoms with Crippen LogP contribution in [0, 0.1) is 5.92 Å². The molecule has 1 saturated heterocycles. The molecule has 1 aliphatic heterocycles. The van der Waals surface area contributed by atoms with Crippen LogP contribution in [0.1, 0.15) is 31.2 Å². The van der Waals surface area contributed by atoms with E-state index >= 15 is 0 Å². The highest BCUT2D eigenvalue weighted by atomic mass is 35.5. The van der Waals surface area contributed by atoms with Gasteiger partial charge in [0.05, 0.1) is 0 Å². The number of hydrogen-bond donors (Lipinski definition) is 2. The molecule has 9 heteroatoms. The molecule has 156 valence electrons. The van der Waals surface area contributed by atoms with E-state index in [4.69, 9.17) is 5.73 Å². The van der Waals surface area contributed by atoms with Gasteiger partial charge in [0, 0.05) is 50.9 Å². The van der Waals surface area contributed by atoms with Gasteiger partial charge in [0.15, 0.2) is 0 Å². The van der Waals surface area contributed by atoms with Crippen LogP contribution in [0.2, 0.25) is 0 Å². The molecular weight excluding hydrogens is 409 g/mol. The molecule has 1 aliphatic carbocycles. The molecule has 2 fully saturated rings. The normalized spacial score (nSPS) is 22.7. The third-order valence-corrected chi connectivity index (χ3v) is 5.19. The number of aromatic nitrogens is 1. The summed E-state index contributed by atoms with van der Waals surface area (Å²) in [5.74, 6) is 1.23. The van der Waals surface area contributed by atoms with Gasteiger partial charge < -0.3 is 20.9 Å². The second-order valence-electron chi connectivity index (χ2n) is 7.15.